The van der Waals surface area contributed by atoms with E-state index >= 15 is 0 Å². The van der Waals surface area contributed by atoms with Crippen LogP contribution in [-0.2, 0) is 9.53 Å². The summed E-state index contributed by atoms with van der Waals surface area (Å²) < 4.78 is 4.93. The van der Waals surface area contributed by atoms with E-state index in [1.807, 2.05) is 46.8 Å². The van der Waals surface area contributed by atoms with E-state index in [4.69, 9.17) is 10.1 Å². The number of hydrogen-bond donors (Lipinski definition) is 1. The Morgan fingerprint density at radius 2 is 2.07 bits per heavy atom. The van der Waals surface area contributed by atoms with Crippen molar-refractivity contribution in [3.8, 4) is 6.07 Å². The molecular formula is C23H34N2O2. The minimum absolute atomic E-state index is 0.0206. The molecule has 1 saturated carbocycles. The zero-order valence-electron chi connectivity index (χ0n) is 17.8. The molecule has 0 aliphatic heterocycles. The smallest absolute Gasteiger partial charge is 0.311 e. The lowest BCUT2D eigenvalue weighted by Gasteiger charge is -2.56. The Bertz CT molecular complexity index is 694. The van der Waals surface area contributed by atoms with Gasteiger partial charge < -0.3 is 10.1 Å². The van der Waals surface area contributed by atoms with Gasteiger partial charge >= 0.3 is 5.97 Å². The molecule has 4 nitrogen and oxygen atoms in total. The van der Waals surface area contributed by atoms with Crippen molar-refractivity contribution in [3.05, 3.63) is 35.5 Å². The number of ether oxygens (including phenoxy) is 1. The van der Waals surface area contributed by atoms with Gasteiger partial charge in [-0.2, -0.15) is 5.26 Å². The zero-order valence-corrected chi connectivity index (χ0v) is 17.8. The van der Waals surface area contributed by atoms with Crippen molar-refractivity contribution in [1.82, 2.24) is 0 Å². The number of carbonyl (C=O) groups excluding carboxylic acids is 1. The lowest BCUT2D eigenvalue weighted by atomic mass is 9.46. The van der Waals surface area contributed by atoms with Crippen LogP contribution >= 0.6 is 0 Å². The molecule has 2 unspecified atom stereocenters. The number of carbonyl (C=O) groups is 1. The predicted molar refractivity (Wildman–Crippen MR) is 110 cm³/mol. The molecule has 0 spiro atoms. The van der Waals surface area contributed by atoms with Crippen LogP contribution in [0.15, 0.2) is 35.5 Å². The molecule has 1 rings (SSSR count). The van der Waals surface area contributed by atoms with Crippen molar-refractivity contribution in [2.24, 2.45) is 28.6 Å². The molecule has 0 saturated heterocycles. The molecule has 0 heterocycles. The summed E-state index contributed by atoms with van der Waals surface area (Å²) in [4.78, 5) is 12.0. The lowest BCUT2D eigenvalue weighted by molar-refractivity contribution is -0.150. The van der Waals surface area contributed by atoms with Crippen LogP contribution in [0, 0.1) is 45.3 Å². The van der Waals surface area contributed by atoms with E-state index in [9.17, 15) is 10.1 Å². The number of esters is 1. The first kappa shape index (κ1) is 22.9. The summed E-state index contributed by atoms with van der Waals surface area (Å²) in [7, 11) is 1.42. The van der Waals surface area contributed by atoms with Crippen LogP contribution in [0.3, 0.4) is 0 Å². The molecule has 0 aromatic rings. The van der Waals surface area contributed by atoms with E-state index in [0.717, 1.165) is 12.0 Å². The molecule has 4 atom stereocenters. The fraction of sp³-hybridized carbons (Fsp3) is 0.609. The first-order chi connectivity index (χ1) is 12.6. The molecule has 1 fully saturated rings. The average molecular weight is 371 g/mol. The molecule has 0 amide bonds. The zero-order chi connectivity index (χ0) is 20.8. The van der Waals surface area contributed by atoms with E-state index in [1.165, 1.54) is 18.9 Å². The van der Waals surface area contributed by atoms with Gasteiger partial charge in [0.05, 0.1) is 24.5 Å². The number of hydrogen-bond acceptors (Lipinski definition) is 4. The van der Waals surface area contributed by atoms with Gasteiger partial charge in [-0.05, 0) is 53.4 Å². The Kier molecular flexibility index (Phi) is 7.77. The second-order valence-electron chi connectivity index (χ2n) is 8.27. The second-order valence-corrected chi connectivity index (χ2v) is 8.27. The van der Waals surface area contributed by atoms with Gasteiger partial charge in [-0.1, -0.05) is 42.4 Å². The van der Waals surface area contributed by atoms with Crippen molar-refractivity contribution in [3.63, 3.8) is 0 Å². The normalized spacial score (nSPS) is 28.5. The van der Waals surface area contributed by atoms with Gasteiger partial charge in [0.15, 0.2) is 0 Å². The van der Waals surface area contributed by atoms with Gasteiger partial charge in [-0.25, -0.2) is 0 Å². The SMILES string of the molecule is C/C=C\C(=C/C[C@@H]1/C(=C\C)C(C=N)C1(C)[C@@H](C)C#N)CC(C)(C)C(=O)OC. The lowest BCUT2D eigenvalue weighted by Crippen LogP contribution is -2.53. The fourth-order valence-electron chi connectivity index (χ4n) is 4.35. The summed E-state index contributed by atoms with van der Waals surface area (Å²) in [5.41, 5.74) is 1.49. The molecule has 27 heavy (non-hydrogen) atoms. The number of methoxy groups -OCH3 is 1. The van der Waals surface area contributed by atoms with E-state index in [0.29, 0.717) is 6.42 Å². The van der Waals surface area contributed by atoms with Crippen LogP contribution in [0.25, 0.3) is 0 Å². The molecule has 0 aromatic carbocycles. The van der Waals surface area contributed by atoms with E-state index < -0.39 is 5.41 Å². The predicted octanol–water partition coefficient (Wildman–Crippen LogP) is 5.48. The molecular weight excluding hydrogens is 336 g/mol. The van der Waals surface area contributed by atoms with Crippen molar-refractivity contribution in [2.45, 2.75) is 54.4 Å². The summed E-state index contributed by atoms with van der Waals surface area (Å²) >= 11 is 0. The summed E-state index contributed by atoms with van der Waals surface area (Å²) in [6.45, 7) is 11.8. The second kappa shape index (κ2) is 9.17. The topological polar surface area (TPSA) is 73.9 Å². The maximum absolute atomic E-state index is 12.0. The standard InChI is InChI=1S/C23H34N2O2/c1-8-10-17(13-22(4,5)21(26)27-7)11-12-19-18(9-2)20(15-25)23(19,6)16(3)14-24/h8-11,15-16,19-20,25H,12-13H2,1-7H3/b10-8-,17-11+,18-9+,25-15?/t16-,19+,20?,23?/m0/s1. The Morgan fingerprint density at radius 3 is 2.52 bits per heavy atom. The molecule has 1 aliphatic rings. The van der Waals surface area contributed by atoms with Crippen molar-refractivity contribution < 1.29 is 9.53 Å². The maximum Gasteiger partial charge on any atom is 0.311 e. The maximum atomic E-state index is 12.0. The summed E-state index contributed by atoms with van der Waals surface area (Å²) in [5.74, 6) is -0.108. The van der Waals surface area contributed by atoms with Crippen LogP contribution < -0.4 is 0 Å². The highest BCUT2D eigenvalue weighted by molar-refractivity contribution is 5.76. The van der Waals surface area contributed by atoms with E-state index in [1.54, 1.807) is 0 Å². The van der Waals surface area contributed by atoms with Crippen molar-refractivity contribution in [2.75, 3.05) is 7.11 Å². The summed E-state index contributed by atoms with van der Waals surface area (Å²) in [6, 6.07) is 2.39. The number of nitriles is 1. The third-order valence-corrected chi connectivity index (χ3v) is 6.19. The third kappa shape index (κ3) is 4.40. The Labute approximate surface area is 164 Å². The Hall–Kier alpha value is -2.15. The highest BCUT2D eigenvalue weighted by Gasteiger charge is 2.56. The quantitative estimate of drug-likeness (QED) is 0.266. The van der Waals surface area contributed by atoms with Gasteiger partial charge in [0, 0.05) is 17.5 Å². The first-order valence-corrected chi connectivity index (χ1v) is 9.60. The molecule has 0 aromatic heterocycles. The molecule has 0 radical (unpaired) electrons. The van der Waals surface area contributed by atoms with Gasteiger partial charge in [-0.3, -0.25) is 4.79 Å². The highest BCUT2D eigenvalue weighted by Crippen LogP contribution is 2.60. The molecule has 1 N–H and O–H groups in total. The number of nitrogens with one attached hydrogen (secondary N) is 1. The highest BCUT2D eigenvalue weighted by atomic mass is 16.5. The van der Waals surface area contributed by atoms with Crippen LogP contribution in [-0.4, -0.2) is 19.3 Å². The summed E-state index contributed by atoms with van der Waals surface area (Å²) in [5, 5.41) is 17.3. The number of nitrogens with zero attached hydrogens (tertiary/aromatic N) is 1. The third-order valence-electron chi connectivity index (χ3n) is 6.19. The van der Waals surface area contributed by atoms with E-state index in [2.05, 4.69) is 25.1 Å². The van der Waals surface area contributed by atoms with Crippen LogP contribution in [0.1, 0.15) is 54.4 Å². The van der Waals surface area contributed by atoms with Crippen molar-refractivity contribution in [1.29, 1.82) is 10.7 Å². The largest absolute Gasteiger partial charge is 0.469 e. The molecule has 4 heteroatoms. The molecule has 0 bridgehead atoms. The van der Waals surface area contributed by atoms with Gasteiger partial charge in [0.1, 0.15) is 0 Å². The van der Waals surface area contributed by atoms with Crippen LogP contribution in [0.4, 0.5) is 0 Å². The summed E-state index contributed by atoms with van der Waals surface area (Å²) in [6.07, 6.45) is 11.2. The monoisotopic (exact) mass is 370 g/mol. The van der Waals surface area contributed by atoms with Gasteiger partial charge in [-0.15, -0.1) is 0 Å². The molecule has 1 aliphatic carbocycles. The number of rotatable bonds is 8. The van der Waals surface area contributed by atoms with Gasteiger partial charge in [0.2, 0.25) is 0 Å². The van der Waals surface area contributed by atoms with Gasteiger partial charge in [0.25, 0.3) is 0 Å². The van der Waals surface area contributed by atoms with Crippen LogP contribution in [0.5, 0.6) is 0 Å². The number of allylic oxidation sites excluding steroid dienone is 6. The minimum atomic E-state index is -0.593. The fourth-order valence-corrected chi connectivity index (χ4v) is 4.35. The minimum Gasteiger partial charge on any atom is -0.469 e. The van der Waals surface area contributed by atoms with Crippen molar-refractivity contribution >= 4 is 12.2 Å². The Balaban J connectivity index is 3.15. The first-order valence-electron chi connectivity index (χ1n) is 9.60. The average Bonchev–Trinajstić information content (AvgIpc) is 2.63. The molecule has 148 valence electrons. The Morgan fingerprint density at radius 1 is 1.44 bits per heavy atom. The van der Waals surface area contributed by atoms with E-state index in [-0.39, 0.29) is 29.1 Å². The van der Waals surface area contributed by atoms with Crippen LogP contribution in [0.2, 0.25) is 0 Å².